The maximum absolute atomic E-state index is 13.0. The number of carbonyl (C=O) groups excluding carboxylic acids is 1. The normalized spacial score (nSPS) is 11.2. The van der Waals surface area contributed by atoms with Crippen LogP contribution in [0, 0.1) is 12.7 Å². The van der Waals surface area contributed by atoms with Crippen LogP contribution in [0.4, 0.5) is 4.39 Å². The van der Waals surface area contributed by atoms with Gasteiger partial charge in [-0.05, 0) is 30.7 Å². The maximum atomic E-state index is 13.0. The first-order chi connectivity index (χ1) is 10.9. The van der Waals surface area contributed by atoms with E-state index in [0.29, 0.717) is 0 Å². The third kappa shape index (κ3) is 5.15. The van der Waals surface area contributed by atoms with E-state index in [-0.39, 0.29) is 11.5 Å². The summed E-state index contributed by atoms with van der Waals surface area (Å²) in [7, 11) is -3.96. The van der Waals surface area contributed by atoms with Crippen LogP contribution >= 0.6 is 0 Å². The summed E-state index contributed by atoms with van der Waals surface area (Å²) in [6.45, 7) is 1.47. The van der Waals surface area contributed by atoms with Crippen LogP contribution in [0.15, 0.2) is 53.4 Å². The fraction of sp³-hybridized carbons (Fsp3) is 0.188. The highest BCUT2D eigenvalue weighted by molar-refractivity contribution is 7.89. The molecular weight excluding hydrogens is 321 g/mol. The molecule has 0 aromatic heterocycles. The van der Waals surface area contributed by atoms with Crippen molar-refractivity contribution < 1.29 is 22.3 Å². The van der Waals surface area contributed by atoms with Gasteiger partial charge in [0.05, 0.1) is 4.90 Å². The minimum absolute atomic E-state index is 0.0564. The molecule has 0 fully saturated rings. The van der Waals surface area contributed by atoms with Crippen molar-refractivity contribution in [2.75, 3.05) is 6.54 Å². The molecule has 0 heterocycles. The molecule has 0 aliphatic carbocycles. The van der Waals surface area contributed by atoms with E-state index in [9.17, 15) is 17.6 Å². The Hall–Kier alpha value is -2.25. The smallest absolute Gasteiger partial charge is 0.321 e. The molecule has 0 amide bonds. The zero-order valence-electron chi connectivity index (χ0n) is 12.5. The summed E-state index contributed by atoms with van der Waals surface area (Å²) in [5, 5.41) is 0. The Balaban J connectivity index is 1.87. The molecule has 0 saturated heterocycles. The van der Waals surface area contributed by atoms with Gasteiger partial charge in [-0.2, -0.15) is 4.72 Å². The number of hydrogen-bond acceptors (Lipinski definition) is 4. The molecule has 7 heteroatoms. The maximum Gasteiger partial charge on any atom is 0.321 e. The second-order valence-corrected chi connectivity index (χ2v) is 6.70. The van der Waals surface area contributed by atoms with E-state index < -0.39 is 28.4 Å². The predicted molar refractivity (Wildman–Crippen MR) is 82.6 cm³/mol. The minimum atomic E-state index is -3.96. The Kier molecular flexibility index (Phi) is 5.46. The van der Waals surface area contributed by atoms with Gasteiger partial charge in [-0.3, -0.25) is 4.79 Å². The second kappa shape index (κ2) is 7.34. The second-order valence-electron chi connectivity index (χ2n) is 4.93. The lowest BCUT2D eigenvalue weighted by atomic mass is 10.2. The van der Waals surface area contributed by atoms with Crippen molar-refractivity contribution in [2.45, 2.75) is 18.4 Å². The Bertz CT molecular complexity index is 788. The third-order valence-electron chi connectivity index (χ3n) is 3.03. The molecule has 2 rings (SSSR count). The van der Waals surface area contributed by atoms with E-state index >= 15 is 0 Å². The molecule has 0 radical (unpaired) electrons. The van der Waals surface area contributed by atoms with E-state index in [1.807, 2.05) is 31.2 Å². The Morgan fingerprint density at radius 2 is 1.87 bits per heavy atom. The molecule has 1 N–H and O–H groups in total. The van der Waals surface area contributed by atoms with Crippen molar-refractivity contribution in [3.8, 4) is 0 Å². The summed E-state index contributed by atoms with van der Waals surface area (Å²) in [4.78, 5) is 11.4. The molecule has 2 aromatic rings. The largest absolute Gasteiger partial charge is 0.460 e. The van der Waals surface area contributed by atoms with E-state index in [1.54, 1.807) is 0 Å². The van der Waals surface area contributed by atoms with Gasteiger partial charge in [0, 0.05) is 0 Å². The number of benzene rings is 2. The van der Waals surface area contributed by atoms with Gasteiger partial charge in [0.25, 0.3) is 0 Å². The van der Waals surface area contributed by atoms with Crippen molar-refractivity contribution in [3.63, 3.8) is 0 Å². The number of halogens is 1. The van der Waals surface area contributed by atoms with Crippen LogP contribution in [0.3, 0.4) is 0 Å². The molecule has 0 bridgehead atoms. The molecule has 0 aliphatic heterocycles. The molecule has 0 atom stereocenters. The van der Waals surface area contributed by atoms with Crippen molar-refractivity contribution in [1.29, 1.82) is 0 Å². The van der Waals surface area contributed by atoms with Gasteiger partial charge in [-0.15, -0.1) is 0 Å². The lowest BCUT2D eigenvalue weighted by Crippen LogP contribution is -2.30. The Morgan fingerprint density at radius 3 is 2.52 bits per heavy atom. The number of ether oxygens (including phenoxy) is 1. The molecular formula is C16H16FNO4S. The summed E-state index contributed by atoms with van der Waals surface area (Å²) < 4.78 is 43.9. The lowest BCUT2D eigenvalue weighted by Gasteiger charge is -2.08. The number of carbonyl (C=O) groups is 1. The van der Waals surface area contributed by atoms with Crippen molar-refractivity contribution in [1.82, 2.24) is 4.72 Å². The van der Waals surface area contributed by atoms with Crippen LogP contribution in [-0.4, -0.2) is 20.9 Å². The minimum Gasteiger partial charge on any atom is -0.460 e. The van der Waals surface area contributed by atoms with E-state index in [4.69, 9.17) is 4.74 Å². The van der Waals surface area contributed by atoms with Crippen LogP contribution in [0.1, 0.15) is 11.1 Å². The number of nitrogens with one attached hydrogen (secondary N) is 1. The highest BCUT2D eigenvalue weighted by Gasteiger charge is 2.16. The summed E-state index contributed by atoms with van der Waals surface area (Å²) >= 11 is 0. The lowest BCUT2D eigenvalue weighted by molar-refractivity contribution is -0.143. The quantitative estimate of drug-likeness (QED) is 0.820. The van der Waals surface area contributed by atoms with E-state index in [0.717, 1.165) is 23.3 Å². The topological polar surface area (TPSA) is 72.5 Å². The zero-order valence-corrected chi connectivity index (χ0v) is 13.3. The average Bonchev–Trinajstić information content (AvgIpc) is 2.52. The average molecular weight is 337 g/mol. The first-order valence-electron chi connectivity index (χ1n) is 6.83. The summed E-state index contributed by atoms with van der Waals surface area (Å²) in [5.74, 6) is -1.39. The van der Waals surface area contributed by atoms with Crippen molar-refractivity contribution in [2.24, 2.45) is 0 Å². The van der Waals surface area contributed by atoms with Gasteiger partial charge >= 0.3 is 5.97 Å². The SMILES string of the molecule is Cc1ccc(COC(=O)CNS(=O)(=O)c2cccc(F)c2)cc1. The monoisotopic (exact) mass is 337 g/mol. The van der Waals surface area contributed by atoms with Crippen molar-refractivity contribution in [3.05, 3.63) is 65.5 Å². The van der Waals surface area contributed by atoms with Crippen LogP contribution in [0.2, 0.25) is 0 Å². The van der Waals surface area contributed by atoms with Crippen LogP contribution in [0.25, 0.3) is 0 Å². The van der Waals surface area contributed by atoms with Gasteiger partial charge < -0.3 is 4.74 Å². The zero-order chi connectivity index (χ0) is 16.9. The standard InChI is InChI=1S/C16H16FNO4S/c1-12-5-7-13(8-6-12)11-22-16(19)10-18-23(20,21)15-4-2-3-14(17)9-15/h2-9,18H,10-11H2,1H3. The summed E-state index contributed by atoms with van der Waals surface area (Å²) in [5.41, 5.74) is 1.89. The van der Waals surface area contributed by atoms with Crippen LogP contribution in [0.5, 0.6) is 0 Å². The number of rotatable bonds is 6. The predicted octanol–water partition coefficient (Wildman–Crippen LogP) is 2.16. The van der Waals surface area contributed by atoms with Crippen LogP contribution < -0.4 is 4.72 Å². The Morgan fingerprint density at radius 1 is 1.17 bits per heavy atom. The van der Waals surface area contributed by atoms with Gasteiger partial charge in [0.1, 0.15) is 19.0 Å². The molecule has 5 nitrogen and oxygen atoms in total. The number of aryl methyl sites for hydroxylation is 1. The first kappa shape index (κ1) is 17.1. The summed E-state index contributed by atoms with van der Waals surface area (Å²) in [6.07, 6.45) is 0. The fourth-order valence-electron chi connectivity index (χ4n) is 1.77. The summed E-state index contributed by atoms with van der Waals surface area (Å²) in [6, 6.07) is 11.9. The van der Waals surface area contributed by atoms with Crippen LogP contribution in [-0.2, 0) is 26.2 Å². The van der Waals surface area contributed by atoms with Gasteiger partial charge in [0.2, 0.25) is 10.0 Å². The number of sulfonamides is 1. The molecule has 0 saturated carbocycles. The molecule has 0 unspecified atom stereocenters. The highest BCUT2D eigenvalue weighted by Crippen LogP contribution is 2.10. The fourth-order valence-corrected chi connectivity index (χ4v) is 2.77. The van der Waals surface area contributed by atoms with Crippen molar-refractivity contribution >= 4 is 16.0 Å². The number of hydrogen-bond donors (Lipinski definition) is 1. The molecule has 23 heavy (non-hydrogen) atoms. The highest BCUT2D eigenvalue weighted by atomic mass is 32.2. The molecule has 122 valence electrons. The van der Waals surface area contributed by atoms with E-state index in [1.165, 1.54) is 12.1 Å². The third-order valence-corrected chi connectivity index (χ3v) is 4.43. The Labute approximate surface area is 134 Å². The first-order valence-corrected chi connectivity index (χ1v) is 8.31. The molecule has 2 aromatic carbocycles. The van der Waals surface area contributed by atoms with Gasteiger partial charge in [0.15, 0.2) is 0 Å². The molecule has 0 spiro atoms. The molecule has 0 aliphatic rings. The van der Waals surface area contributed by atoms with E-state index in [2.05, 4.69) is 4.72 Å². The van der Waals surface area contributed by atoms with Gasteiger partial charge in [-0.25, -0.2) is 12.8 Å². The van der Waals surface area contributed by atoms with Gasteiger partial charge in [-0.1, -0.05) is 35.9 Å². The number of esters is 1.